The molecule has 0 radical (unpaired) electrons. The van der Waals surface area contributed by atoms with Crippen LogP contribution in [0.15, 0.2) is 89.4 Å². The molecule has 0 fully saturated rings. The van der Waals surface area contributed by atoms with Gasteiger partial charge in [0, 0.05) is 5.69 Å². The van der Waals surface area contributed by atoms with Crippen molar-refractivity contribution in [1.29, 1.82) is 5.26 Å². The van der Waals surface area contributed by atoms with Crippen LogP contribution in [-0.4, -0.2) is 19.6 Å². The third-order valence-electron chi connectivity index (χ3n) is 4.63. The molecule has 1 amide bonds. The smallest absolute Gasteiger partial charge is 0.266 e. The zero-order valence-electron chi connectivity index (χ0n) is 18.6. The molecule has 34 heavy (non-hydrogen) atoms. The van der Waals surface area contributed by atoms with Crippen molar-refractivity contribution in [3.8, 4) is 23.3 Å². The summed E-state index contributed by atoms with van der Waals surface area (Å²) in [6.45, 7) is 4.39. The number of nitrogens with zero attached hydrogens (tertiary/aromatic N) is 1. The van der Waals surface area contributed by atoms with Crippen LogP contribution < -0.4 is 19.5 Å². The van der Waals surface area contributed by atoms with Crippen LogP contribution in [0.4, 0.5) is 5.69 Å². The van der Waals surface area contributed by atoms with Crippen molar-refractivity contribution >= 4 is 33.6 Å². The van der Waals surface area contributed by atoms with Crippen molar-refractivity contribution in [2.45, 2.75) is 6.61 Å². The fourth-order valence-corrected chi connectivity index (χ4v) is 3.57. The molecule has 1 N–H and O–H groups in total. The van der Waals surface area contributed by atoms with Gasteiger partial charge < -0.3 is 19.5 Å². The molecule has 0 aromatic heterocycles. The first-order valence-corrected chi connectivity index (χ1v) is 11.1. The van der Waals surface area contributed by atoms with Crippen molar-refractivity contribution < 1.29 is 19.0 Å². The fraction of sp³-hybridized carbons (Fsp3) is 0.111. The lowest BCUT2D eigenvalue weighted by molar-refractivity contribution is -0.112. The van der Waals surface area contributed by atoms with Crippen molar-refractivity contribution in [2.24, 2.45) is 0 Å². The molecular formula is C27H23BrN2O4. The Morgan fingerprint density at radius 3 is 2.50 bits per heavy atom. The number of carbonyl (C=O) groups excluding carboxylic acids is 1. The number of hydrogen-bond donors (Lipinski definition) is 1. The molecule has 0 spiro atoms. The first kappa shape index (κ1) is 24.6. The maximum atomic E-state index is 12.7. The van der Waals surface area contributed by atoms with Gasteiger partial charge in [0.05, 0.1) is 11.6 Å². The molecule has 0 saturated heterocycles. The topological polar surface area (TPSA) is 80.6 Å². The summed E-state index contributed by atoms with van der Waals surface area (Å²) in [5, 5.41) is 12.3. The predicted molar refractivity (Wildman–Crippen MR) is 136 cm³/mol. The van der Waals surface area contributed by atoms with Crippen molar-refractivity contribution in [1.82, 2.24) is 0 Å². The van der Waals surface area contributed by atoms with Gasteiger partial charge in [0.25, 0.3) is 5.91 Å². The Morgan fingerprint density at radius 1 is 1.12 bits per heavy atom. The minimum absolute atomic E-state index is 0.0573. The van der Waals surface area contributed by atoms with E-state index < -0.39 is 5.91 Å². The molecule has 0 heterocycles. The maximum absolute atomic E-state index is 12.7. The van der Waals surface area contributed by atoms with E-state index in [0.717, 1.165) is 5.56 Å². The van der Waals surface area contributed by atoms with Crippen LogP contribution in [0.5, 0.6) is 17.2 Å². The number of benzene rings is 3. The standard InChI is InChI=1S/C27H23BrN2O4/c1-3-13-33-26-24(28)15-20(16-25(26)32-2)14-21(17-29)27(31)30-22-9-11-23(12-10-22)34-18-19-7-5-4-6-8-19/h3-12,14-16H,1,13,18H2,2H3,(H,30,31)/b21-14+. The lowest BCUT2D eigenvalue weighted by atomic mass is 10.1. The van der Waals surface area contributed by atoms with E-state index in [4.69, 9.17) is 14.2 Å². The predicted octanol–water partition coefficient (Wildman–Crippen LogP) is 6.15. The summed E-state index contributed by atoms with van der Waals surface area (Å²) in [5.74, 6) is 1.12. The van der Waals surface area contributed by atoms with E-state index in [1.54, 1.807) is 42.5 Å². The van der Waals surface area contributed by atoms with Gasteiger partial charge >= 0.3 is 0 Å². The second kappa shape index (κ2) is 12.3. The number of methoxy groups -OCH3 is 1. The quantitative estimate of drug-likeness (QED) is 0.198. The molecule has 0 aliphatic carbocycles. The number of hydrogen-bond acceptors (Lipinski definition) is 5. The summed E-state index contributed by atoms with van der Waals surface area (Å²) in [4.78, 5) is 12.7. The van der Waals surface area contributed by atoms with Gasteiger partial charge in [0.15, 0.2) is 11.5 Å². The first-order chi connectivity index (χ1) is 16.5. The Labute approximate surface area is 207 Å². The number of anilines is 1. The highest BCUT2D eigenvalue weighted by atomic mass is 79.9. The van der Waals surface area contributed by atoms with E-state index >= 15 is 0 Å². The molecule has 3 aromatic carbocycles. The van der Waals surface area contributed by atoms with Gasteiger partial charge in [-0.05, 0) is 69.5 Å². The van der Waals surface area contributed by atoms with Gasteiger partial charge in [-0.25, -0.2) is 0 Å². The average Bonchev–Trinajstić information content (AvgIpc) is 2.86. The van der Waals surface area contributed by atoms with Crippen LogP contribution in [0.3, 0.4) is 0 Å². The minimum Gasteiger partial charge on any atom is -0.493 e. The highest BCUT2D eigenvalue weighted by Crippen LogP contribution is 2.37. The zero-order chi connectivity index (χ0) is 24.3. The molecule has 3 aromatic rings. The largest absolute Gasteiger partial charge is 0.493 e. The second-order valence-corrected chi connectivity index (χ2v) is 7.91. The number of amides is 1. The van der Waals surface area contributed by atoms with Crippen LogP contribution in [0.25, 0.3) is 6.08 Å². The van der Waals surface area contributed by atoms with Crippen LogP contribution in [0.2, 0.25) is 0 Å². The van der Waals surface area contributed by atoms with Gasteiger partial charge in [-0.3, -0.25) is 4.79 Å². The number of halogens is 1. The Hall–Kier alpha value is -4.02. The molecule has 172 valence electrons. The van der Waals surface area contributed by atoms with E-state index in [0.29, 0.717) is 46.2 Å². The Bertz CT molecular complexity index is 1220. The van der Waals surface area contributed by atoms with Crippen LogP contribution >= 0.6 is 15.9 Å². The highest BCUT2D eigenvalue weighted by molar-refractivity contribution is 9.10. The Kier molecular flexibility index (Phi) is 8.89. The van der Waals surface area contributed by atoms with E-state index in [1.165, 1.54) is 13.2 Å². The molecule has 3 rings (SSSR count). The molecule has 0 aliphatic heterocycles. The normalized spacial score (nSPS) is 10.7. The van der Waals surface area contributed by atoms with Crippen molar-refractivity contribution in [3.05, 3.63) is 101 Å². The number of carbonyl (C=O) groups is 1. The van der Waals surface area contributed by atoms with Gasteiger partial charge in [-0.2, -0.15) is 5.26 Å². The highest BCUT2D eigenvalue weighted by Gasteiger charge is 2.14. The summed E-state index contributed by atoms with van der Waals surface area (Å²) >= 11 is 3.44. The first-order valence-electron chi connectivity index (χ1n) is 10.3. The van der Waals surface area contributed by atoms with E-state index in [2.05, 4.69) is 27.8 Å². The third-order valence-corrected chi connectivity index (χ3v) is 5.22. The Balaban J connectivity index is 1.69. The summed E-state index contributed by atoms with van der Waals surface area (Å²) < 4.78 is 17.4. The molecule has 0 bridgehead atoms. The fourth-order valence-electron chi connectivity index (χ4n) is 2.99. The van der Waals surface area contributed by atoms with Gasteiger partial charge in [0.2, 0.25) is 0 Å². The summed E-state index contributed by atoms with van der Waals surface area (Å²) in [7, 11) is 1.52. The van der Waals surface area contributed by atoms with E-state index in [1.807, 2.05) is 36.4 Å². The Morgan fingerprint density at radius 2 is 1.85 bits per heavy atom. The van der Waals surface area contributed by atoms with Crippen LogP contribution in [-0.2, 0) is 11.4 Å². The van der Waals surface area contributed by atoms with Gasteiger partial charge in [-0.15, -0.1) is 0 Å². The molecular weight excluding hydrogens is 496 g/mol. The minimum atomic E-state index is -0.525. The number of rotatable bonds is 10. The lowest BCUT2D eigenvalue weighted by Gasteiger charge is -2.12. The van der Waals surface area contributed by atoms with Crippen LogP contribution in [0, 0.1) is 11.3 Å². The molecule has 7 heteroatoms. The van der Waals surface area contributed by atoms with Gasteiger partial charge in [-0.1, -0.05) is 43.0 Å². The average molecular weight is 519 g/mol. The second-order valence-electron chi connectivity index (χ2n) is 7.06. The van der Waals surface area contributed by atoms with Crippen molar-refractivity contribution in [3.63, 3.8) is 0 Å². The monoisotopic (exact) mass is 518 g/mol. The SMILES string of the molecule is C=CCOc1c(Br)cc(/C=C(\C#N)C(=O)Nc2ccc(OCc3ccccc3)cc2)cc1OC. The molecule has 0 saturated carbocycles. The van der Waals surface area contributed by atoms with E-state index in [9.17, 15) is 10.1 Å². The van der Waals surface area contributed by atoms with Gasteiger partial charge in [0.1, 0.15) is 30.6 Å². The molecule has 0 atom stereocenters. The van der Waals surface area contributed by atoms with E-state index in [-0.39, 0.29) is 5.57 Å². The zero-order valence-corrected chi connectivity index (χ0v) is 20.2. The lowest BCUT2D eigenvalue weighted by Crippen LogP contribution is -2.13. The van der Waals surface area contributed by atoms with Crippen LogP contribution in [0.1, 0.15) is 11.1 Å². The third kappa shape index (κ3) is 6.74. The number of nitriles is 1. The number of ether oxygens (including phenoxy) is 3. The molecule has 6 nitrogen and oxygen atoms in total. The molecule has 0 aliphatic rings. The number of nitrogens with one attached hydrogen (secondary N) is 1. The summed E-state index contributed by atoms with van der Waals surface area (Å²) in [6.07, 6.45) is 3.11. The summed E-state index contributed by atoms with van der Waals surface area (Å²) in [5.41, 5.74) is 2.15. The summed E-state index contributed by atoms with van der Waals surface area (Å²) in [6, 6.07) is 22.2. The molecule has 0 unspecified atom stereocenters. The maximum Gasteiger partial charge on any atom is 0.266 e. The van der Waals surface area contributed by atoms with Crippen molar-refractivity contribution in [2.75, 3.05) is 19.0 Å².